The van der Waals surface area contributed by atoms with Crippen LogP contribution in [0, 0.1) is 5.92 Å². The highest BCUT2D eigenvalue weighted by molar-refractivity contribution is 7.98. The maximum atomic E-state index is 8.95. The second-order valence-electron chi connectivity index (χ2n) is 4.43. The Morgan fingerprint density at radius 3 is 3.05 bits per heavy atom. The van der Waals surface area contributed by atoms with Crippen molar-refractivity contribution in [2.45, 2.75) is 12.7 Å². The molecule has 0 fully saturated rings. The number of aliphatic hydroxyl groups excluding tert-OH is 1. The lowest BCUT2D eigenvalue weighted by Crippen LogP contribution is -2.03. The van der Waals surface area contributed by atoms with Crippen molar-refractivity contribution in [1.29, 1.82) is 0 Å². The van der Waals surface area contributed by atoms with E-state index in [0.717, 1.165) is 17.1 Å². The Morgan fingerprint density at radius 1 is 1.47 bits per heavy atom. The maximum absolute atomic E-state index is 8.95. The van der Waals surface area contributed by atoms with Crippen molar-refractivity contribution in [2.24, 2.45) is 5.92 Å². The van der Waals surface area contributed by atoms with Crippen molar-refractivity contribution >= 4 is 23.4 Å². The lowest BCUT2D eigenvalue weighted by Gasteiger charge is -2.04. The van der Waals surface area contributed by atoms with Crippen molar-refractivity contribution in [3.8, 4) is 11.3 Å². The number of oxazole rings is 1. The summed E-state index contributed by atoms with van der Waals surface area (Å²) in [6.07, 6.45) is 1.72. The van der Waals surface area contributed by atoms with E-state index in [1.807, 2.05) is 31.2 Å². The zero-order valence-corrected chi connectivity index (χ0v) is 12.2. The van der Waals surface area contributed by atoms with E-state index >= 15 is 0 Å². The number of nitrogens with zero attached hydrogens (tertiary/aromatic N) is 1. The number of thioether (sulfide) groups is 1. The fourth-order valence-corrected chi connectivity index (χ4v) is 2.68. The van der Waals surface area contributed by atoms with E-state index in [1.165, 1.54) is 0 Å². The van der Waals surface area contributed by atoms with Gasteiger partial charge in [0.15, 0.2) is 5.76 Å². The topological polar surface area (TPSA) is 46.3 Å². The summed E-state index contributed by atoms with van der Waals surface area (Å²) in [5.74, 6) is 3.34. The Kier molecular flexibility index (Phi) is 5.31. The molecule has 0 aliphatic heterocycles. The van der Waals surface area contributed by atoms with Crippen LogP contribution >= 0.6 is 23.4 Å². The third-order valence-corrected chi connectivity index (χ3v) is 4.09. The minimum absolute atomic E-state index is 0.215. The first-order chi connectivity index (χ1) is 9.19. The van der Waals surface area contributed by atoms with E-state index in [2.05, 4.69) is 4.98 Å². The Morgan fingerprint density at radius 2 is 2.32 bits per heavy atom. The molecular formula is C14H16ClNO2S. The van der Waals surface area contributed by atoms with Crippen LogP contribution in [-0.2, 0) is 5.75 Å². The van der Waals surface area contributed by atoms with E-state index in [1.54, 1.807) is 18.0 Å². The van der Waals surface area contributed by atoms with Crippen molar-refractivity contribution in [3.63, 3.8) is 0 Å². The molecule has 102 valence electrons. The van der Waals surface area contributed by atoms with Crippen molar-refractivity contribution in [3.05, 3.63) is 41.4 Å². The number of benzene rings is 1. The van der Waals surface area contributed by atoms with Crippen molar-refractivity contribution in [2.75, 3.05) is 12.4 Å². The number of rotatable bonds is 6. The molecule has 1 aromatic carbocycles. The first-order valence-electron chi connectivity index (χ1n) is 6.08. The van der Waals surface area contributed by atoms with Gasteiger partial charge < -0.3 is 9.52 Å². The molecule has 0 amide bonds. The Labute approximate surface area is 122 Å². The summed E-state index contributed by atoms with van der Waals surface area (Å²) in [4.78, 5) is 4.25. The molecule has 3 nitrogen and oxygen atoms in total. The maximum Gasteiger partial charge on any atom is 0.204 e. The quantitative estimate of drug-likeness (QED) is 0.879. The van der Waals surface area contributed by atoms with Gasteiger partial charge in [0.1, 0.15) is 0 Å². The van der Waals surface area contributed by atoms with E-state index in [0.29, 0.717) is 22.6 Å². The standard InChI is InChI=1S/C14H16ClNO2S/c1-10(7-17)8-19-9-14-16-6-13(18-14)11-3-2-4-12(15)5-11/h2-6,10,17H,7-9H2,1H3. The molecule has 0 aliphatic rings. The number of aliphatic hydroxyl groups is 1. The minimum Gasteiger partial charge on any atom is -0.440 e. The van der Waals surface area contributed by atoms with Gasteiger partial charge in [-0.1, -0.05) is 30.7 Å². The third kappa shape index (κ3) is 4.27. The van der Waals surface area contributed by atoms with Crippen LogP contribution in [-0.4, -0.2) is 22.5 Å². The highest BCUT2D eigenvalue weighted by Crippen LogP contribution is 2.25. The van der Waals surface area contributed by atoms with Crippen LogP contribution in [0.5, 0.6) is 0 Å². The molecule has 5 heteroatoms. The molecule has 0 spiro atoms. The average molecular weight is 298 g/mol. The molecule has 2 aromatic rings. The molecule has 0 radical (unpaired) electrons. The van der Waals surface area contributed by atoms with Crippen LogP contribution in [0.25, 0.3) is 11.3 Å². The molecule has 0 saturated heterocycles. The second kappa shape index (κ2) is 6.98. The fraction of sp³-hybridized carbons (Fsp3) is 0.357. The number of halogens is 1. The zero-order chi connectivity index (χ0) is 13.7. The van der Waals surface area contributed by atoms with Crippen molar-refractivity contribution in [1.82, 2.24) is 4.98 Å². The number of aromatic nitrogens is 1. The van der Waals surface area contributed by atoms with Gasteiger partial charge in [-0.15, -0.1) is 0 Å². The van der Waals surface area contributed by atoms with E-state index < -0.39 is 0 Å². The Bertz CT molecular complexity index is 530. The van der Waals surface area contributed by atoms with Crippen LogP contribution < -0.4 is 0 Å². The molecule has 1 atom stereocenters. The van der Waals surface area contributed by atoms with Crippen molar-refractivity contribution < 1.29 is 9.52 Å². The van der Waals surface area contributed by atoms with E-state index in [-0.39, 0.29) is 6.61 Å². The Balaban J connectivity index is 1.95. The normalized spacial score (nSPS) is 12.6. The molecular weight excluding hydrogens is 282 g/mol. The second-order valence-corrected chi connectivity index (χ2v) is 5.90. The van der Waals surface area contributed by atoms with Gasteiger partial charge in [0.2, 0.25) is 5.89 Å². The average Bonchev–Trinajstić information content (AvgIpc) is 2.87. The van der Waals surface area contributed by atoms with Crippen LogP contribution in [0.3, 0.4) is 0 Å². The van der Waals surface area contributed by atoms with Gasteiger partial charge >= 0.3 is 0 Å². The van der Waals surface area contributed by atoms with Crippen LogP contribution in [0.15, 0.2) is 34.9 Å². The summed E-state index contributed by atoms with van der Waals surface area (Å²) >= 11 is 7.65. The largest absolute Gasteiger partial charge is 0.440 e. The first kappa shape index (κ1) is 14.4. The highest BCUT2D eigenvalue weighted by Gasteiger charge is 2.08. The summed E-state index contributed by atoms with van der Waals surface area (Å²) in [5, 5.41) is 9.63. The summed E-state index contributed by atoms with van der Waals surface area (Å²) in [6.45, 7) is 2.23. The predicted octanol–water partition coefficient (Wildman–Crippen LogP) is 3.86. The SMILES string of the molecule is CC(CO)CSCc1ncc(-c2cccc(Cl)c2)o1. The van der Waals surface area contributed by atoms with Gasteiger partial charge in [0.05, 0.1) is 11.9 Å². The highest BCUT2D eigenvalue weighted by atomic mass is 35.5. The van der Waals surface area contributed by atoms with Crippen LogP contribution in [0.1, 0.15) is 12.8 Å². The predicted molar refractivity (Wildman–Crippen MR) is 79.4 cm³/mol. The summed E-state index contributed by atoms with van der Waals surface area (Å²) in [6, 6.07) is 7.51. The third-order valence-electron chi connectivity index (χ3n) is 2.60. The number of hydrogen-bond acceptors (Lipinski definition) is 4. The lowest BCUT2D eigenvalue weighted by molar-refractivity contribution is 0.250. The zero-order valence-electron chi connectivity index (χ0n) is 10.7. The van der Waals surface area contributed by atoms with E-state index in [4.69, 9.17) is 21.1 Å². The monoisotopic (exact) mass is 297 g/mol. The molecule has 1 unspecified atom stereocenters. The lowest BCUT2D eigenvalue weighted by atomic mass is 10.2. The molecule has 1 N–H and O–H groups in total. The van der Waals surface area contributed by atoms with Gasteiger partial charge in [-0.2, -0.15) is 11.8 Å². The first-order valence-corrected chi connectivity index (χ1v) is 7.61. The molecule has 0 bridgehead atoms. The molecule has 1 aromatic heterocycles. The number of hydrogen-bond donors (Lipinski definition) is 1. The summed E-state index contributed by atoms with van der Waals surface area (Å²) < 4.78 is 5.69. The fourth-order valence-electron chi connectivity index (χ4n) is 1.55. The van der Waals surface area contributed by atoms with Gasteiger partial charge in [0.25, 0.3) is 0 Å². The van der Waals surface area contributed by atoms with Gasteiger partial charge in [0, 0.05) is 17.2 Å². The molecule has 0 aliphatic carbocycles. The van der Waals surface area contributed by atoms with Crippen LogP contribution in [0.4, 0.5) is 0 Å². The smallest absolute Gasteiger partial charge is 0.204 e. The molecule has 2 rings (SSSR count). The van der Waals surface area contributed by atoms with Gasteiger partial charge in [-0.3, -0.25) is 0 Å². The minimum atomic E-state index is 0.215. The Hall–Kier alpha value is -0.970. The van der Waals surface area contributed by atoms with Gasteiger partial charge in [-0.25, -0.2) is 4.98 Å². The molecule has 1 heterocycles. The molecule has 19 heavy (non-hydrogen) atoms. The summed E-state index contributed by atoms with van der Waals surface area (Å²) in [5.41, 5.74) is 0.931. The van der Waals surface area contributed by atoms with Crippen LogP contribution in [0.2, 0.25) is 5.02 Å². The van der Waals surface area contributed by atoms with E-state index in [9.17, 15) is 0 Å². The molecule has 0 saturated carbocycles. The van der Waals surface area contributed by atoms with Gasteiger partial charge in [-0.05, 0) is 23.8 Å². The summed E-state index contributed by atoms with van der Waals surface area (Å²) in [7, 11) is 0.